The van der Waals surface area contributed by atoms with Gasteiger partial charge in [0.15, 0.2) is 0 Å². The summed E-state index contributed by atoms with van der Waals surface area (Å²) in [5, 5.41) is 7.72. The largest absolute Gasteiger partial charge is 0.481 e. The van der Waals surface area contributed by atoms with Gasteiger partial charge in [-0.1, -0.05) is 6.92 Å². The monoisotopic (exact) mass is 192 g/mol. The fraction of sp³-hybridized carbons (Fsp3) is 0.667. The highest BCUT2D eigenvalue weighted by molar-refractivity contribution is 8.26. The Morgan fingerprint density at radius 2 is 1.78 bits per heavy atom. The minimum atomic E-state index is -1.67. The molecule has 0 saturated heterocycles. The number of carbonyl (C=O) groups is 1. The zero-order chi connectivity index (χ0) is 7.86. The summed E-state index contributed by atoms with van der Waals surface area (Å²) in [5.41, 5.74) is 0. The van der Waals surface area contributed by atoms with Crippen molar-refractivity contribution in [3.63, 3.8) is 0 Å². The fourth-order valence-electron chi connectivity index (χ4n) is 0. The lowest BCUT2D eigenvalue weighted by molar-refractivity contribution is -0.136. The lowest BCUT2D eigenvalue weighted by Crippen LogP contribution is -1.86. The second-order valence-corrected chi connectivity index (χ2v) is 3.46. The van der Waals surface area contributed by atoms with E-state index in [2.05, 4.69) is 21.4 Å². The normalized spacial score (nSPS) is 8.00. The molecule has 0 aliphatic rings. The van der Waals surface area contributed by atoms with Gasteiger partial charge in [0, 0.05) is 27.8 Å². The molecule has 0 atom stereocenters. The molecule has 0 unspecified atom stereocenters. The first-order valence-corrected chi connectivity index (χ1v) is 4.77. The van der Waals surface area contributed by atoms with Gasteiger partial charge in [0.1, 0.15) is 0 Å². The number of aliphatic carboxylic acids is 1. The van der Waals surface area contributed by atoms with Crippen molar-refractivity contribution < 1.29 is 14.1 Å². The van der Waals surface area contributed by atoms with Crippen LogP contribution in [0.3, 0.4) is 0 Å². The first-order valence-electron chi connectivity index (χ1n) is 1.96. The maximum absolute atomic E-state index is 9.37. The Morgan fingerprint density at radius 3 is 1.78 bits per heavy atom. The van der Waals surface area contributed by atoms with Crippen LogP contribution in [0, 0.1) is 0 Å². The lowest BCUT2D eigenvalue weighted by atomic mass is 10.5. The second kappa shape index (κ2) is 8.20. The number of halogens is 2. The molecule has 0 rings (SSSR count). The molecular formula is C3H6Cl2O3S. The number of carboxylic acid groups (broad SMARTS) is 1. The van der Waals surface area contributed by atoms with E-state index in [0.717, 1.165) is 0 Å². The van der Waals surface area contributed by atoms with Crippen molar-refractivity contribution in [2.24, 2.45) is 0 Å². The SMILES string of the molecule is CCC(=O)O.O=S(Cl)Cl. The Kier molecular flexibility index (Phi) is 10.9. The Labute approximate surface area is 64.4 Å². The van der Waals surface area contributed by atoms with Crippen LogP contribution in [0.2, 0.25) is 0 Å². The molecule has 0 spiro atoms. The van der Waals surface area contributed by atoms with Gasteiger partial charge in [0.05, 0.1) is 0 Å². The smallest absolute Gasteiger partial charge is 0.303 e. The molecule has 0 amide bonds. The summed E-state index contributed by atoms with van der Waals surface area (Å²) in [5.74, 6) is -0.745. The van der Waals surface area contributed by atoms with E-state index in [1.165, 1.54) is 0 Å². The van der Waals surface area contributed by atoms with E-state index in [-0.39, 0.29) is 6.42 Å². The molecule has 0 heterocycles. The van der Waals surface area contributed by atoms with Gasteiger partial charge >= 0.3 is 5.97 Å². The van der Waals surface area contributed by atoms with Crippen LogP contribution in [0.4, 0.5) is 0 Å². The van der Waals surface area contributed by atoms with Crippen molar-refractivity contribution in [3.8, 4) is 0 Å². The summed E-state index contributed by atoms with van der Waals surface area (Å²) in [4.78, 5) is 9.37. The third-order valence-corrected chi connectivity index (χ3v) is 0.302. The maximum atomic E-state index is 9.37. The predicted molar refractivity (Wildman–Crippen MR) is 37.8 cm³/mol. The van der Waals surface area contributed by atoms with Crippen molar-refractivity contribution >= 4 is 36.6 Å². The van der Waals surface area contributed by atoms with Gasteiger partial charge in [-0.2, -0.15) is 0 Å². The Morgan fingerprint density at radius 1 is 1.67 bits per heavy atom. The van der Waals surface area contributed by atoms with Crippen LogP contribution in [0.1, 0.15) is 13.3 Å². The summed E-state index contributed by atoms with van der Waals surface area (Å²) in [6.07, 6.45) is 0.222. The van der Waals surface area contributed by atoms with E-state index in [1.54, 1.807) is 6.92 Å². The van der Waals surface area contributed by atoms with Crippen LogP contribution in [-0.2, 0) is 14.0 Å². The minimum Gasteiger partial charge on any atom is -0.481 e. The summed E-state index contributed by atoms with van der Waals surface area (Å²) >= 11 is 0. The van der Waals surface area contributed by atoms with E-state index in [4.69, 9.17) is 9.32 Å². The molecule has 0 aromatic heterocycles. The number of hydrogen-bond donors (Lipinski definition) is 1. The lowest BCUT2D eigenvalue weighted by Gasteiger charge is -1.71. The number of rotatable bonds is 1. The van der Waals surface area contributed by atoms with E-state index in [0.29, 0.717) is 0 Å². The van der Waals surface area contributed by atoms with Gasteiger partial charge in [-0.25, -0.2) is 4.21 Å². The van der Waals surface area contributed by atoms with Gasteiger partial charge in [0.2, 0.25) is 9.23 Å². The summed E-state index contributed by atoms with van der Waals surface area (Å²) < 4.78 is 9.09. The van der Waals surface area contributed by atoms with E-state index >= 15 is 0 Å². The summed E-state index contributed by atoms with van der Waals surface area (Å²) in [7, 11) is 7.36. The van der Waals surface area contributed by atoms with Crippen LogP contribution < -0.4 is 0 Å². The van der Waals surface area contributed by atoms with E-state index in [1.807, 2.05) is 0 Å². The average molecular weight is 193 g/mol. The molecule has 0 fully saturated rings. The molecule has 0 saturated carbocycles. The van der Waals surface area contributed by atoms with Crippen molar-refractivity contribution in [2.45, 2.75) is 13.3 Å². The van der Waals surface area contributed by atoms with Crippen molar-refractivity contribution in [2.75, 3.05) is 0 Å². The van der Waals surface area contributed by atoms with Gasteiger partial charge in [-0.05, 0) is 0 Å². The van der Waals surface area contributed by atoms with Gasteiger partial charge in [-0.15, -0.1) is 0 Å². The molecule has 6 heteroatoms. The highest BCUT2D eigenvalue weighted by Gasteiger charge is 1.80. The standard InChI is InChI=1S/C3H6O2.Cl2OS/c1-2-3(4)5;1-4(2)3/h2H2,1H3,(H,4,5);. The quantitative estimate of drug-likeness (QED) is 0.642. The van der Waals surface area contributed by atoms with Crippen LogP contribution >= 0.6 is 21.4 Å². The molecule has 0 bridgehead atoms. The highest BCUT2D eigenvalue weighted by atomic mass is 36.0. The van der Waals surface area contributed by atoms with Crippen LogP contribution in [0.15, 0.2) is 0 Å². The number of carboxylic acids is 1. The first-order chi connectivity index (χ1) is 4.00. The minimum absolute atomic E-state index is 0.222. The molecule has 0 aliphatic heterocycles. The Bertz CT molecular complexity index is 101. The van der Waals surface area contributed by atoms with Crippen LogP contribution in [0.5, 0.6) is 0 Å². The van der Waals surface area contributed by atoms with Crippen LogP contribution in [-0.4, -0.2) is 15.3 Å². The van der Waals surface area contributed by atoms with E-state index in [9.17, 15) is 4.79 Å². The molecule has 9 heavy (non-hydrogen) atoms. The topological polar surface area (TPSA) is 54.4 Å². The fourth-order valence-corrected chi connectivity index (χ4v) is 0. The predicted octanol–water partition coefficient (Wildman–Crippen LogP) is 1.52. The zero-order valence-electron chi connectivity index (χ0n) is 4.63. The Balaban J connectivity index is 0. The van der Waals surface area contributed by atoms with Crippen LogP contribution in [0.25, 0.3) is 0 Å². The molecule has 56 valence electrons. The van der Waals surface area contributed by atoms with Crippen molar-refractivity contribution in [1.82, 2.24) is 0 Å². The summed E-state index contributed by atoms with van der Waals surface area (Å²) in [6.45, 7) is 1.60. The summed E-state index contributed by atoms with van der Waals surface area (Å²) in [6, 6.07) is 0. The zero-order valence-corrected chi connectivity index (χ0v) is 6.96. The van der Waals surface area contributed by atoms with Crippen molar-refractivity contribution in [1.29, 1.82) is 0 Å². The third kappa shape index (κ3) is 65.1. The molecule has 0 aromatic rings. The van der Waals surface area contributed by atoms with Gasteiger partial charge < -0.3 is 5.11 Å². The maximum Gasteiger partial charge on any atom is 0.303 e. The van der Waals surface area contributed by atoms with Gasteiger partial charge in [0.25, 0.3) is 0 Å². The second-order valence-electron chi connectivity index (χ2n) is 0.932. The number of hydrogen-bond acceptors (Lipinski definition) is 2. The molecule has 1 N–H and O–H groups in total. The van der Waals surface area contributed by atoms with Crippen molar-refractivity contribution in [3.05, 3.63) is 0 Å². The highest BCUT2D eigenvalue weighted by Crippen LogP contribution is 1.89. The average Bonchev–Trinajstić information content (AvgIpc) is 1.65. The molecule has 0 aromatic carbocycles. The van der Waals surface area contributed by atoms with E-state index < -0.39 is 15.2 Å². The van der Waals surface area contributed by atoms with Gasteiger partial charge in [-0.3, -0.25) is 4.79 Å². The molecule has 0 radical (unpaired) electrons. The molecular weight excluding hydrogens is 187 g/mol. The molecule has 0 aliphatic carbocycles. The first kappa shape index (κ1) is 11.9. The Hall–Kier alpha value is 0.200. The third-order valence-electron chi connectivity index (χ3n) is 0.302. The molecule has 3 nitrogen and oxygen atoms in total.